The lowest BCUT2D eigenvalue weighted by Crippen LogP contribution is -2.15. The third-order valence-electron chi connectivity index (χ3n) is 5.31. The number of amides is 1. The third-order valence-corrected chi connectivity index (χ3v) is 5.31. The van der Waals surface area contributed by atoms with E-state index in [2.05, 4.69) is 10.4 Å². The van der Waals surface area contributed by atoms with Crippen molar-refractivity contribution in [3.63, 3.8) is 0 Å². The fourth-order valence-corrected chi connectivity index (χ4v) is 3.61. The van der Waals surface area contributed by atoms with Crippen LogP contribution >= 0.6 is 0 Å². The number of fused-ring (bicyclic) bond motifs is 1. The van der Waals surface area contributed by atoms with Gasteiger partial charge in [-0.2, -0.15) is 18.3 Å². The average Bonchev–Trinajstić information content (AvgIpc) is 3.21. The van der Waals surface area contributed by atoms with Gasteiger partial charge in [0.25, 0.3) is 5.91 Å². The Morgan fingerprint density at radius 3 is 2.30 bits per heavy atom. The highest BCUT2D eigenvalue weighted by atomic mass is 19.4. The monoisotopic (exact) mass is 514 g/mol. The topological polar surface area (TPSA) is 66.7 Å². The quantitative estimate of drug-likeness (QED) is 0.200. The summed E-state index contributed by atoms with van der Waals surface area (Å²) in [7, 11) is 3.39. The summed E-state index contributed by atoms with van der Waals surface area (Å²) in [5, 5.41) is 6.62. The van der Waals surface area contributed by atoms with Gasteiger partial charge in [0, 0.05) is 43.8 Å². The molecule has 2 aromatic heterocycles. The van der Waals surface area contributed by atoms with Crippen LogP contribution in [0.3, 0.4) is 0 Å². The number of rotatable bonds is 6. The Morgan fingerprint density at radius 2 is 1.65 bits per heavy atom. The van der Waals surface area contributed by atoms with Gasteiger partial charge in [-0.3, -0.25) is 9.59 Å². The number of anilines is 1. The van der Waals surface area contributed by atoms with Crippen LogP contribution in [0.25, 0.3) is 16.8 Å². The van der Waals surface area contributed by atoms with Gasteiger partial charge in [-0.25, -0.2) is 13.3 Å². The van der Waals surface area contributed by atoms with Crippen LogP contribution in [0.4, 0.5) is 27.6 Å². The normalized spacial score (nSPS) is 11.8. The molecule has 4 rings (SSSR count). The van der Waals surface area contributed by atoms with Crippen LogP contribution in [0, 0.1) is 11.6 Å². The first kappa shape index (κ1) is 25.5. The molecule has 11 heteroatoms. The van der Waals surface area contributed by atoms with Gasteiger partial charge in [-0.05, 0) is 36.4 Å². The molecule has 0 unspecified atom stereocenters. The van der Waals surface area contributed by atoms with E-state index in [0.29, 0.717) is 0 Å². The van der Waals surface area contributed by atoms with E-state index in [4.69, 9.17) is 0 Å². The molecular weight excluding hydrogens is 495 g/mol. The van der Waals surface area contributed by atoms with Crippen molar-refractivity contribution in [2.45, 2.75) is 6.18 Å². The molecular formula is C26H19F5N4O2. The van der Waals surface area contributed by atoms with Crippen molar-refractivity contribution in [1.29, 1.82) is 0 Å². The smallest absolute Gasteiger partial charge is 0.383 e. The summed E-state index contributed by atoms with van der Waals surface area (Å²) in [5.74, 6) is -3.64. The number of halogens is 5. The van der Waals surface area contributed by atoms with E-state index in [9.17, 15) is 31.5 Å². The van der Waals surface area contributed by atoms with E-state index in [1.807, 2.05) is 0 Å². The van der Waals surface area contributed by atoms with Crippen molar-refractivity contribution < 1.29 is 31.5 Å². The maximum Gasteiger partial charge on any atom is 0.417 e. The molecule has 0 saturated carbocycles. The Labute approximate surface area is 207 Å². The molecule has 0 saturated heterocycles. The van der Waals surface area contributed by atoms with Crippen molar-refractivity contribution in [3.05, 3.63) is 101 Å². The highest BCUT2D eigenvalue weighted by Gasteiger charge is 2.32. The zero-order valence-corrected chi connectivity index (χ0v) is 19.5. The lowest BCUT2D eigenvalue weighted by Gasteiger charge is -2.09. The van der Waals surface area contributed by atoms with Gasteiger partial charge < -0.3 is 10.2 Å². The standard InChI is InChI=1S/C26H19F5N4O2/c1-34(2)12-11-21(36)23-20-10-9-16(26(29,30)31)14-35(20)33-24(23)15-5-3-6-17(13-15)32-25(37)22-18(27)7-4-8-19(22)28/h3-14H,1-2H3,(H,32,37)/b12-11+. The first-order chi connectivity index (χ1) is 17.5. The summed E-state index contributed by atoms with van der Waals surface area (Å²) in [6.07, 6.45) is -1.11. The Kier molecular flexibility index (Phi) is 6.80. The number of pyridine rings is 1. The molecule has 0 radical (unpaired) electrons. The number of aromatic nitrogens is 2. The van der Waals surface area contributed by atoms with Crippen molar-refractivity contribution in [2.75, 3.05) is 19.4 Å². The highest BCUT2D eigenvalue weighted by Crippen LogP contribution is 2.33. The van der Waals surface area contributed by atoms with Gasteiger partial charge in [0.1, 0.15) is 22.9 Å². The average molecular weight is 514 g/mol. The summed E-state index contributed by atoms with van der Waals surface area (Å²) in [6, 6.07) is 10.9. The summed E-state index contributed by atoms with van der Waals surface area (Å²) < 4.78 is 68.8. The number of ketones is 1. The fourth-order valence-electron chi connectivity index (χ4n) is 3.61. The molecule has 2 aromatic carbocycles. The van der Waals surface area contributed by atoms with Crippen LogP contribution in [-0.2, 0) is 6.18 Å². The van der Waals surface area contributed by atoms with E-state index in [1.165, 1.54) is 36.5 Å². The van der Waals surface area contributed by atoms with Crippen molar-refractivity contribution >= 4 is 22.9 Å². The number of carbonyl (C=O) groups excluding carboxylic acids is 2. The zero-order valence-electron chi connectivity index (χ0n) is 19.5. The maximum absolute atomic E-state index is 14.0. The van der Waals surface area contributed by atoms with Gasteiger partial charge in [0.05, 0.1) is 16.6 Å². The summed E-state index contributed by atoms with van der Waals surface area (Å²) in [6.45, 7) is 0. The Morgan fingerprint density at radius 1 is 0.973 bits per heavy atom. The van der Waals surface area contributed by atoms with Crippen molar-refractivity contribution in [1.82, 2.24) is 14.5 Å². The second-order valence-corrected chi connectivity index (χ2v) is 8.24. The number of hydrogen-bond donors (Lipinski definition) is 1. The summed E-state index contributed by atoms with van der Waals surface area (Å²) in [5.41, 5.74) is -1.09. The van der Waals surface area contributed by atoms with Crippen LogP contribution in [0.15, 0.2) is 73.1 Å². The molecule has 1 N–H and O–H groups in total. The van der Waals surface area contributed by atoms with Crippen LogP contribution in [0.2, 0.25) is 0 Å². The minimum absolute atomic E-state index is 0.0375. The Balaban J connectivity index is 1.80. The molecule has 2 heterocycles. The number of nitrogens with zero attached hydrogens (tertiary/aromatic N) is 3. The second-order valence-electron chi connectivity index (χ2n) is 8.24. The molecule has 0 fully saturated rings. The van der Waals surface area contributed by atoms with Crippen molar-refractivity contribution in [2.24, 2.45) is 0 Å². The molecule has 190 valence electrons. The Bertz CT molecular complexity index is 1520. The molecule has 0 bridgehead atoms. The first-order valence-corrected chi connectivity index (χ1v) is 10.8. The molecule has 0 aliphatic rings. The van der Waals surface area contributed by atoms with Gasteiger partial charge in [0.15, 0.2) is 5.78 Å². The molecule has 0 spiro atoms. The van der Waals surface area contributed by atoms with E-state index < -0.39 is 40.6 Å². The van der Waals surface area contributed by atoms with Crippen molar-refractivity contribution in [3.8, 4) is 11.3 Å². The van der Waals surface area contributed by atoms with Crippen LogP contribution in [0.5, 0.6) is 0 Å². The van der Waals surface area contributed by atoms with Gasteiger partial charge in [0.2, 0.25) is 0 Å². The molecule has 0 aliphatic carbocycles. The summed E-state index contributed by atoms with van der Waals surface area (Å²) >= 11 is 0. The van der Waals surface area contributed by atoms with Gasteiger partial charge in [-0.15, -0.1) is 0 Å². The fraction of sp³-hybridized carbons (Fsp3) is 0.115. The van der Waals surface area contributed by atoms with Crippen LogP contribution in [-0.4, -0.2) is 40.3 Å². The maximum atomic E-state index is 14.0. The lowest BCUT2D eigenvalue weighted by molar-refractivity contribution is -0.137. The minimum atomic E-state index is -4.62. The third kappa shape index (κ3) is 5.35. The Hall–Kier alpha value is -4.54. The molecule has 0 atom stereocenters. The number of nitrogens with one attached hydrogen (secondary N) is 1. The summed E-state index contributed by atoms with van der Waals surface area (Å²) in [4.78, 5) is 27.2. The first-order valence-electron chi connectivity index (χ1n) is 10.8. The molecule has 1 amide bonds. The predicted molar refractivity (Wildman–Crippen MR) is 127 cm³/mol. The molecule has 6 nitrogen and oxygen atoms in total. The van der Waals surface area contributed by atoms with Crippen LogP contribution in [0.1, 0.15) is 26.3 Å². The number of allylic oxidation sites excluding steroid dienone is 1. The number of alkyl halides is 3. The predicted octanol–water partition coefficient (Wildman–Crippen LogP) is 5.81. The van der Waals surface area contributed by atoms with Gasteiger partial charge in [-0.1, -0.05) is 18.2 Å². The second kappa shape index (κ2) is 9.84. The zero-order chi connectivity index (χ0) is 26.9. The molecule has 4 aromatic rings. The number of benzene rings is 2. The highest BCUT2D eigenvalue weighted by molar-refractivity contribution is 6.13. The van der Waals surface area contributed by atoms with E-state index in [1.54, 1.807) is 19.0 Å². The van der Waals surface area contributed by atoms with E-state index in [0.717, 1.165) is 41.0 Å². The SMILES string of the molecule is CN(C)/C=C/C(=O)c1c(-c2cccc(NC(=O)c3c(F)cccc3F)c2)nn2cc(C(F)(F)F)ccc12. The van der Waals surface area contributed by atoms with E-state index in [-0.39, 0.29) is 28.0 Å². The van der Waals surface area contributed by atoms with Gasteiger partial charge >= 0.3 is 6.18 Å². The molecule has 37 heavy (non-hydrogen) atoms. The lowest BCUT2D eigenvalue weighted by atomic mass is 10.0. The van der Waals surface area contributed by atoms with Crippen LogP contribution < -0.4 is 5.32 Å². The number of hydrogen-bond acceptors (Lipinski definition) is 4. The largest absolute Gasteiger partial charge is 0.417 e. The minimum Gasteiger partial charge on any atom is -0.383 e. The van der Waals surface area contributed by atoms with E-state index >= 15 is 0 Å². The number of carbonyl (C=O) groups is 2. The molecule has 0 aliphatic heterocycles.